The van der Waals surface area contributed by atoms with Gasteiger partial charge in [-0.15, -0.1) is 0 Å². The molecule has 6 nitrogen and oxygen atoms in total. The van der Waals surface area contributed by atoms with Crippen LogP contribution in [0, 0.1) is 30.1 Å². The Kier molecular flexibility index (Phi) is 2.69. The topological polar surface area (TPSA) is 76.9 Å². The van der Waals surface area contributed by atoms with Crippen LogP contribution in [-0.2, 0) is 9.59 Å². The Hall–Kier alpha value is -3.02. The molecule has 4 saturated carbocycles. The Bertz CT molecular complexity index is 1140. The first-order valence-corrected chi connectivity index (χ1v) is 9.35. The number of ketones is 1. The number of amides is 1. The Morgan fingerprint density at radius 2 is 2.11 bits per heavy atom. The van der Waals surface area contributed by atoms with Gasteiger partial charge in [-0.1, -0.05) is 18.2 Å². The third kappa shape index (κ3) is 1.80. The van der Waals surface area contributed by atoms with E-state index in [4.69, 9.17) is 0 Å². The van der Waals surface area contributed by atoms with E-state index in [0.717, 1.165) is 35.3 Å². The molecule has 6 heteroatoms. The minimum absolute atomic E-state index is 0.0138. The second-order valence-corrected chi connectivity index (χ2v) is 8.05. The fraction of sp³-hybridized carbons (Fsp3) is 0.333. The molecule has 4 fully saturated rings. The third-order valence-corrected chi connectivity index (χ3v) is 6.73. The highest BCUT2D eigenvalue weighted by atomic mass is 16.2. The molecule has 3 aromatic rings. The van der Waals surface area contributed by atoms with Crippen LogP contribution >= 0.6 is 0 Å². The second-order valence-electron chi connectivity index (χ2n) is 8.05. The SMILES string of the molecule is Cc1nn(-c2ccccc2)c2ncc(NC(=O)C34CC5CC3C4C5=O)cc12. The molecule has 0 radical (unpaired) electrons. The number of carbonyl (C=O) groups excluding carboxylic acids is 2. The summed E-state index contributed by atoms with van der Waals surface area (Å²) in [6.45, 7) is 1.94. The number of hydrogen-bond donors (Lipinski definition) is 1. The first kappa shape index (κ1) is 15.1. The van der Waals surface area contributed by atoms with Crippen LogP contribution in [0.4, 0.5) is 5.69 Å². The molecule has 1 amide bonds. The summed E-state index contributed by atoms with van der Waals surface area (Å²) in [5, 5.41) is 8.54. The van der Waals surface area contributed by atoms with Crippen molar-refractivity contribution in [2.24, 2.45) is 23.2 Å². The van der Waals surface area contributed by atoms with Crippen LogP contribution in [0.5, 0.6) is 0 Å². The highest BCUT2D eigenvalue weighted by Gasteiger charge is 2.82. The molecular weight excluding hydrogens is 340 g/mol. The van der Waals surface area contributed by atoms with Crippen molar-refractivity contribution in [2.45, 2.75) is 19.8 Å². The lowest BCUT2D eigenvalue weighted by Crippen LogP contribution is -2.24. The number of aryl methyl sites for hydroxylation is 1. The summed E-state index contributed by atoms with van der Waals surface area (Å²) < 4.78 is 1.82. The maximum atomic E-state index is 12.9. The highest BCUT2D eigenvalue weighted by Crippen LogP contribution is 2.77. The van der Waals surface area contributed by atoms with Gasteiger partial charge in [0.05, 0.1) is 28.7 Å². The van der Waals surface area contributed by atoms with Crippen LogP contribution < -0.4 is 5.32 Å². The fourth-order valence-electron chi connectivity index (χ4n) is 5.47. The molecule has 4 aliphatic rings. The lowest BCUT2D eigenvalue weighted by molar-refractivity contribution is -0.124. The summed E-state index contributed by atoms with van der Waals surface area (Å²) in [7, 11) is 0. The molecule has 134 valence electrons. The van der Waals surface area contributed by atoms with E-state index in [1.54, 1.807) is 6.20 Å². The van der Waals surface area contributed by atoms with Gasteiger partial charge in [-0.2, -0.15) is 5.10 Å². The number of fused-ring (bicyclic) bond motifs is 1. The molecule has 27 heavy (non-hydrogen) atoms. The molecule has 4 aliphatic carbocycles. The van der Waals surface area contributed by atoms with Gasteiger partial charge in [0.25, 0.3) is 0 Å². The summed E-state index contributed by atoms with van der Waals surface area (Å²) in [6.07, 6.45) is 3.31. The number of nitrogens with zero attached hydrogens (tertiary/aromatic N) is 3. The van der Waals surface area contributed by atoms with Gasteiger partial charge >= 0.3 is 0 Å². The first-order chi connectivity index (χ1) is 13.1. The van der Waals surface area contributed by atoms with E-state index >= 15 is 0 Å². The molecule has 4 bridgehead atoms. The van der Waals surface area contributed by atoms with E-state index in [-0.39, 0.29) is 23.7 Å². The molecule has 0 aliphatic heterocycles. The molecule has 0 saturated heterocycles. The summed E-state index contributed by atoms with van der Waals surface area (Å²) in [5.41, 5.74) is 2.80. The molecule has 4 unspecified atom stereocenters. The predicted octanol–water partition coefficient (Wildman–Crippen LogP) is 2.89. The van der Waals surface area contributed by atoms with Crippen LogP contribution in [0.2, 0.25) is 0 Å². The van der Waals surface area contributed by atoms with Crippen molar-refractivity contribution in [2.75, 3.05) is 5.32 Å². The van der Waals surface area contributed by atoms with E-state index in [1.807, 2.05) is 48.0 Å². The van der Waals surface area contributed by atoms with Gasteiger partial charge in [0.1, 0.15) is 5.78 Å². The van der Waals surface area contributed by atoms with Crippen LogP contribution in [0.25, 0.3) is 16.7 Å². The molecule has 4 atom stereocenters. The van der Waals surface area contributed by atoms with E-state index < -0.39 is 5.41 Å². The van der Waals surface area contributed by atoms with Gasteiger partial charge in [-0.05, 0) is 43.9 Å². The summed E-state index contributed by atoms with van der Waals surface area (Å²) in [5.74, 6) is 0.664. The van der Waals surface area contributed by atoms with Crippen LogP contribution in [0.15, 0.2) is 42.6 Å². The first-order valence-electron chi connectivity index (χ1n) is 9.35. The van der Waals surface area contributed by atoms with E-state index in [2.05, 4.69) is 15.4 Å². The molecular formula is C21H18N4O2. The van der Waals surface area contributed by atoms with Crippen LogP contribution in [-0.4, -0.2) is 26.5 Å². The molecule has 2 heterocycles. The van der Waals surface area contributed by atoms with Gasteiger partial charge in [0.2, 0.25) is 5.91 Å². The zero-order valence-corrected chi connectivity index (χ0v) is 14.8. The van der Waals surface area contributed by atoms with Gasteiger partial charge in [0, 0.05) is 17.2 Å². The number of hydrogen-bond acceptors (Lipinski definition) is 4. The van der Waals surface area contributed by atoms with Crippen molar-refractivity contribution in [3.8, 4) is 5.69 Å². The quantitative estimate of drug-likeness (QED) is 0.781. The van der Waals surface area contributed by atoms with Crippen molar-refractivity contribution in [1.82, 2.24) is 14.8 Å². The summed E-state index contributed by atoms with van der Waals surface area (Å²) in [4.78, 5) is 29.6. The lowest BCUT2D eigenvalue weighted by atomic mass is 10.0. The molecule has 0 spiro atoms. The van der Waals surface area contributed by atoms with Gasteiger partial charge < -0.3 is 5.32 Å². The largest absolute Gasteiger partial charge is 0.324 e. The van der Waals surface area contributed by atoms with Gasteiger partial charge in [-0.25, -0.2) is 9.67 Å². The van der Waals surface area contributed by atoms with Crippen molar-refractivity contribution in [1.29, 1.82) is 0 Å². The van der Waals surface area contributed by atoms with Crippen molar-refractivity contribution in [3.05, 3.63) is 48.3 Å². The standard InChI is InChI=1S/C21H18N4O2/c1-11-15-8-13(10-22-19(15)25(24-11)14-5-3-2-4-6-14)23-20(27)21-9-12-7-16(21)17(21)18(12)26/h2-6,8,10,12,16-17H,7,9H2,1H3,(H,23,27). The second kappa shape index (κ2) is 4.82. The number of para-hydroxylation sites is 1. The number of carbonyl (C=O) groups is 2. The molecule has 1 N–H and O–H groups in total. The van der Waals surface area contributed by atoms with E-state index in [0.29, 0.717) is 11.5 Å². The smallest absolute Gasteiger partial charge is 0.231 e. The Labute approximate surface area is 155 Å². The number of benzene rings is 1. The molecule has 1 aromatic carbocycles. The maximum absolute atomic E-state index is 12.9. The van der Waals surface area contributed by atoms with Crippen molar-refractivity contribution < 1.29 is 9.59 Å². The fourth-order valence-corrected chi connectivity index (χ4v) is 5.47. The zero-order valence-electron chi connectivity index (χ0n) is 14.8. The van der Waals surface area contributed by atoms with Crippen molar-refractivity contribution in [3.63, 3.8) is 0 Å². The number of anilines is 1. The van der Waals surface area contributed by atoms with Gasteiger partial charge in [-0.3, -0.25) is 9.59 Å². The number of aromatic nitrogens is 3. The number of rotatable bonds is 3. The average molecular weight is 358 g/mol. The van der Waals surface area contributed by atoms with E-state index in [1.165, 1.54) is 0 Å². The Morgan fingerprint density at radius 3 is 2.78 bits per heavy atom. The monoisotopic (exact) mass is 358 g/mol. The minimum atomic E-state index is -0.431. The van der Waals surface area contributed by atoms with Crippen LogP contribution in [0.1, 0.15) is 18.5 Å². The minimum Gasteiger partial charge on any atom is -0.324 e. The molecule has 2 aromatic heterocycles. The maximum Gasteiger partial charge on any atom is 0.231 e. The highest BCUT2D eigenvalue weighted by molar-refractivity contribution is 6.09. The van der Waals surface area contributed by atoms with Gasteiger partial charge in [0.15, 0.2) is 5.65 Å². The third-order valence-electron chi connectivity index (χ3n) is 6.73. The number of nitrogens with one attached hydrogen (secondary N) is 1. The number of pyridine rings is 1. The number of Topliss-reactive ketones (excluding diaryl/α,β-unsaturated/α-hetero) is 1. The molecule has 7 rings (SSSR count). The lowest BCUT2D eigenvalue weighted by Gasteiger charge is -2.12. The normalized spacial score (nSPS) is 30.1. The van der Waals surface area contributed by atoms with Crippen molar-refractivity contribution >= 4 is 28.4 Å². The summed E-state index contributed by atoms with van der Waals surface area (Å²) in [6, 6.07) is 11.8. The predicted molar refractivity (Wildman–Crippen MR) is 99.4 cm³/mol. The Morgan fingerprint density at radius 1 is 1.30 bits per heavy atom. The summed E-state index contributed by atoms with van der Waals surface area (Å²) >= 11 is 0. The zero-order chi connectivity index (χ0) is 18.3. The van der Waals surface area contributed by atoms with E-state index in [9.17, 15) is 9.59 Å². The Balaban J connectivity index is 1.33. The van der Waals surface area contributed by atoms with Crippen LogP contribution in [0.3, 0.4) is 0 Å². The average Bonchev–Trinajstić information content (AvgIpc) is 3.06.